The molecule has 0 aliphatic carbocycles. The van der Waals surface area contributed by atoms with Crippen molar-refractivity contribution in [2.75, 3.05) is 26.4 Å². The Bertz CT molecular complexity index is 646. The lowest BCUT2D eigenvalue weighted by atomic mass is 10.1. The van der Waals surface area contributed by atoms with Gasteiger partial charge in [-0.2, -0.15) is 0 Å². The molecule has 1 atom stereocenters. The van der Waals surface area contributed by atoms with Gasteiger partial charge in [-0.3, -0.25) is 0 Å². The maximum absolute atomic E-state index is 12.0. The van der Waals surface area contributed by atoms with Crippen molar-refractivity contribution in [1.29, 1.82) is 0 Å². The summed E-state index contributed by atoms with van der Waals surface area (Å²) in [6.45, 7) is 7.78. The second-order valence-electron chi connectivity index (χ2n) is 5.87. The molecule has 0 amide bonds. The molecule has 7 heteroatoms. The highest BCUT2D eigenvalue weighted by Gasteiger charge is 2.18. The van der Waals surface area contributed by atoms with Crippen LogP contribution in [0.3, 0.4) is 0 Å². The zero-order chi connectivity index (χ0) is 17.5. The molecule has 7 nitrogen and oxygen atoms in total. The normalized spacial score (nSPS) is 12.9. The largest absolute Gasteiger partial charge is 0.463 e. The zero-order valence-electron chi connectivity index (χ0n) is 14.5. The van der Waals surface area contributed by atoms with E-state index in [0.717, 1.165) is 5.52 Å². The fraction of sp³-hybridized carbons (Fsp3) is 0.588. The molecule has 0 aliphatic rings. The van der Waals surface area contributed by atoms with E-state index in [9.17, 15) is 4.79 Å². The number of esters is 1. The van der Waals surface area contributed by atoms with E-state index in [1.54, 1.807) is 29.9 Å². The number of carbonyl (C=O) groups is 1. The van der Waals surface area contributed by atoms with Crippen LogP contribution in [0.5, 0.6) is 0 Å². The molecule has 134 valence electrons. The van der Waals surface area contributed by atoms with Gasteiger partial charge in [-0.25, -0.2) is 4.79 Å². The van der Waals surface area contributed by atoms with E-state index in [0.29, 0.717) is 43.6 Å². The van der Waals surface area contributed by atoms with Gasteiger partial charge in [-0.15, -0.1) is 0 Å². The van der Waals surface area contributed by atoms with Gasteiger partial charge in [0, 0.05) is 18.2 Å². The predicted molar refractivity (Wildman–Crippen MR) is 89.7 cm³/mol. The second-order valence-corrected chi connectivity index (χ2v) is 5.87. The number of aromatic nitrogens is 1. The van der Waals surface area contributed by atoms with Crippen LogP contribution >= 0.6 is 0 Å². The number of rotatable bonds is 10. The minimum Gasteiger partial charge on any atom is -0.463 e. The molecular formula is C17H26N2O5. The van der Waals surface area contributed by atoms with Crippen LogP contribution in [-0.4, -0.2) is 43.0 Å². The molecule has 2 rings (SSSR count). The standard InChI is InChI=1S/C17H26N2O5/c1-4-23-17(20)15-9-16-14(5-6-24-16)19(15)11-22-8-7-21-10-13(18)12(2)3/h5-6,9,12-13H,4,7-8,10-11,18H2,1-3H3/t13-/m0/s1. The van der Waals surface area contributed by atoms with Crippen LogP contribution in [-0.2, 0) is 20.9 Å². The molecule has 2 N–H and O–H groups in total. The lowest BCUT2D eigenvalue weighted by Gasteiger charge is -2.15. The van der Waals surface area contributed by atoms with Gasteiger partial charge in [0.15, 0.2) is 5.58 Å². The van der Waals surface area contributed by atoms with Gasteiger partial charge in [0.1, 0.15) is 12.4 Å². The summed E-state index contributed by atoms with van der Waals surface area (Å²) in [5.74, 6) is -0.0149. The molecule has 0 unspecified atom stereocenters. The number of nitrogens with zero attached hydrogens (tertiary/aromatic N) is 1. The highest BCUT2D eigenvalue weighted by atomic mass is 16.5. The minimum absolute atomic E-state index is 0.0235. The summed E-state index contributed by atoms with van der Waals surface area (Å²) in [6.07, 6.45) is 1.58. The van der Waals surface area contributed by atoms with E-state index in [4.69, 9.17) is 24.4 Å². The summed E-state index contributed by atoms with van der Waals surface area (Å²) in [4.78, 5) is 12.0. The lowest BCUT2D eigenvalue weighted by molar-refractivity contribution is 0.0122. The average Bonchev–Trinajstić information content (AvgIpc) is 3.12. The van der Waals surface area contributed by atoms with Gasteiger partial charge in [-0.05, 0) is 12.8 Å². The highest BCUT2D eigenvalue weighted by molar-refractivity contribution is 5.93. The summed E-state index contributed by atoms with van der Waals surface area (Å²) < 4.78 is 23.2. The maximum atomic E-state index is 12.0. The SMILES string of the molecule is CCOC(=O)c1cc2occc2n1COCCOC[C@H](N)C(C)C. The Kier molecular flexibility index (Phi) is 6.84. The first-order valence-corrected chi connectivity index (χ1v) is 8.19. The van der Waals surface area contributed by atoms with Crippen LogP contribution in [0.15, 0.2) is 22.8 Å². The number of fused-ring (bicyclic) bond motifs is 1. The van der Waals surface area contributed by atoms with Crippen LogP contribution in [0.1, 0.15) is 31.3 Å². The zero-order valence-corrected chi connectivity index (χ0v) is 14.5. The van der Waals surface area contributed by atoms with Crippen LogP contribution in [0.2, 0.25) is 0 Å². The quantitative estimate of drug-likeness (QED) is 0.528. The van der Waals surface area contributed by atoms with Crippen molar-refractivity contribution >= 4 is 17.1 Å². The minimum atomic E-state index is -0.397. The molecule has 0 bridgehead atoms. The third-order valence-corrected chi connectivity index (χ3v) is 3.77. The molecule has 2 aromatic rings. The van der Waals surface area contributed by atoms with Crippen molar-refractivity contribution in [3.05, 3.63) is 24.1 Å². The molecule has 0 aromatic carbocycles. The molecule has 0 saturated carbocycles. The van der Waals surface area contributed by atoms with Crippen molar-refractivity contribution in [2.24, 2.45) is 11.7 Å². The van der Waals surface area contributed by atoms with Crippen LogP contribution in [0.25, 0.3) is 11.1 Å². The first-order chi connectivity index (χ1) is 11.5. The van der Waals surface area contributed by atoms with Gasteiger partial charge >= 0.3 is 5.97 Å². The van der Waals surface area contributed by atoms with Crippen LogP contribution in [0, 0.1) is 5.92 Å². The van der Waals surface area contributed by atoms with Crippen molar-refractivity contribution in [2.45, 2.75) is 33.5 Å². The number of hydrogen-bond donors (Lipinski definition) is 1. The van der Waals surface area contributed by atoms with Crippen molar-refractivity contribution in [3.63, 3.8) is 0 Å². The monoisotopic (exact) mass is 338 g/mol. The Morgan fingerprint density at radius 3 is 2.79 bits per heavy atom. The topological polar surface area (TPSA) is 88.8 Å². The average molecular weight is 338 g/mol. The van der Waals surface area contributed by atoms with Gasteiger partial charge in [-0.1, -0.05) is 13.8 Å². The van der Waals surface area contributed by atoms with E-state index < -0.39 is 5.97 Å². The first kappa shape index (κ1) is 18.5. The third kappa shape index (κ3) is 4.59. The Labute approximate surface area is 141 Å². The number of ether oxygens (including phenoxy) is 3. The smallest absolute Gasteiger partial charge is 0.355 e. The lowest BCUT2D eigenvalue weighted by Crippen LogP contribution is -2.32. The summed E-state index contributed by atoms with van der Waals surface area (Å²) >= 11 is 0. The van der Waals surface area contributed by atoms with Crippen molar-refractivity contribution < 1.29 is 23.4 Å². The second kappa shape index (κ2) is 8.86. The predicted octanol–water partition coefficient (Wildman–Crippen LogP) is 2.39. The number of nitrogens with two attached hydrogens (primary N) is 1. The summed E-state index contributed by atoms with van der Waals surface area (Å²) in [5.41, 5.74) is 7.74. The Morgan fingerprint density at radius 1 is 1.33 bits per heavy atom. The first-order valence-electron chi connectivity index (χ1n) is 8.19. The molecule has 0 aliphatic heterocycles. The molecule has 24 heavy (non-hydrogen) atoms. The van der Waals surface area contributed by atoms with Gasteiger partial charge in [0.25, 0.3) is 0 Å². The van der Waals surface area contributed by atoms with E-state index in [2.05, 4.69) is 13.8 Å². The Morgan fingerprint density at radius 2 is 2.08 bits per heavy atom. The Hall–Kier alpha value is -1.83. The van der Waals surface area contributed by atoms with Gasteiger partial charge < -0.3 is 28.9 Å². The van der Waals surface area contributed by atoms with Crippen molar-refractivity contribution in [1.82, 2.24) is 4.57 Å². The van der Waals surface area contributed by atoms with Crippen LogP contribution < -0.4 is 5.73 Å². The summed E-state index contributed by atoms with van der Waals surface area (Å²) in [6, 6.07) is 3.48. The molecular weight excluding hydrogens is 312 g/mol. The summed E-state index contributed by atoms with van der Waals surface area (Å²) in [5, 5.41) is 0. The van der Waals surface area contributed by atoms with E-state index in [1.165, 1.54) is 0 Å². The fourth-order valence-electron chi connectivity index (χ4n) is 2.18. The van der Waals surface area contributed by atoms with E-state index >= 15 is 0 Å². The van der Waals surface area contributed by atoms with E-state index in [1.807, 2.05) is 0 Å². The highest BCUT2D eigenvalue weighted by Crippen LogP contribution is 2.21. The van der Waals surface area contributed by atoms with Crippen LogP contribution in [0.4, 0.5) is 0 Å². The fourth-order valence-corrected chi connectivity index (χ4v) is 2.18. The Balaban J connectivity index is 1.86. The molecule has 0 saturated heterocycles. The number of carbonyl (C=O) groups excluding carboxylic acids is 1. The van der Waals surface area contributed by atoms with E-state index in [-0.39, 0.29) is 12.8 Å². The van der Waals surface area contributed by atoms with Gasteiger partial charge in [0.2, 0.25) is 0 Å². The molecule has 2 aromatic heterocycles. The van der Waals surface area contributed by atoms with Crippen molar-refractivity contribution in [3.8, 4) is 0 Å². The molecule has 2 heterocycles. The molecule has 0 radical (unpaired) electrons. The van der Waals surface area contributed by atoms with Gasteiger partial charge in [0.05, 0.1) is 38.2 Å². The number of hydrogen-bond acceptors (Lipinski definition) is 6. The number of furan rings is 1. The maximum Gasteiger partial charge on any atom is 0.355 e. The molecule has 0 fully saturated rings. The summed E-state index contributed by atoms with van der Waals surface area (Å²) in [7, 11) is 0. The molecule has 0 spiro atoms. The third-order valence-electron chi connectivity index (χ3n) is 3.77.